The number of carbonyl (C=O) groups is 1. The summed E-state index contributed by atoms with van der Waals surface area (Å²) in [5.74, 6) is 1.43. The lowest BCUT2D eigenvalue weighted by Gasteiger charge is -2.57. The summed E-state index contributed by atoms with van der Waals surface area (Å²) in [6.45, 7) is 1.73. The molecule has 4 rings (SSSR count). The summed E-state index contributed by atoms with van der Waals surface area (Å²) in [6.07, 6.45) is 8.31. The van der Waals surface area contributed by atoms with Crippen LogP contribution in [0, 0.1) is 11.3 Å². The number of nitrogens with one attached hydrogen (secondary N) is 2. The molecule has 5 heteroatoms. The van der Waals surface area contributed by atoms with Crippen molar-refractivity contribution in [3.05, 3.63) is 24.2 Å². The summed E-state index contributed by atoms with van der Waals surface area (Å²) in [5, 5.41) is 6.43. The van der Waals surface area contributed by atoms with Crippen LogP contribution in [-0.2, 0) is 16.1 Å². The van der Waals surface area contributed by atoms with Crippen molar-refractivity contribution in [2.75, 3.05) is 13.2 Å². The van der Waals surface area contributed by atoms with Gasteiger partial charge in [0.15, 0.2) is 0 Å². The molecule has 2 saturated carbocycles. The first-order chi connectivity index (χ1) is 10.8. The Labute approximate surface area is 130 Å². The van der Waals surface area contributed by atoms with Crippen molar-refractivity contribution >= 4 is 5.91 Å². The molecule has 1 amide bonds. The first kappa shape index (κ1) is 14.3. The van der Waals surface area contributed by atoms with Crippen LogP contribution in [0.5, 0.6) is 0 Å². The van der Waals surface area contributed by atoms with Gasteiger partial charge in [0.2, 0.25) is 5.91 Å². The fraction of sp³-hybridized carbons (Fsp3) is 0.706. The molecule has 1 aliphatic heterocycles. The van der Waals surface area contributed by atoms with E-state index in [1.165, 1.54) is 25.7 Å². The largest absolute Gasteiger partial charge is 0.467 e. The smallest absolute Gasteiger partial charge is 0.234 e. The Hall–Kier alpha value is -1.33. The highest BCUT2D eigenvalue weighted by Crippen LogP contribution is 2.60. The van der Waals surface area contributed by atoms with E-state index in [4.69, 9.17) is 9.15 Å². The molecule has 0 aromatic carbocycles. The van der Waals surface area contributed by atoms with E-state index < -0.39 is 0 Å². The van der Waals surface area contributed by atoms with Crippen molar-refractivity contribution in [3.63, 3.8) is 0 Å². The molecule has 0 radical (unpaired) electrons. The van der Waals surface area contributed by atoms with Crippen molar-refractivity contribution < 1.29 is 13.9 Å². The lowest BCUT2D eigenvalue weighted by molar-refractivity contribution is -0.135. The van der Waals surface area contributed by atoms with E-state index in [9.17, 15) is 4.79 Å². The lowest BCUT2D eigenvalue weighted by atomic mass is 9.54. The van der Waals surface area contributed by atoms with Crippen molar-refractivity contribution in [3.8, 4) is 0 Å². The number of fused-ring (bicyclic) bond motifs is 2. The predicted molar refractivity (Wildman–Crippen MR) is 81.1 cm³/mol. The summed E-state index contributed by atoms with van der Waals surface area (Å²) >= 11 is 0. The molecule has 1 aromatic heterocycles. The minimum absolute atomic E-state index is 0.0342. The second-order valence-electron chi connectivity index (χ2n) is 6.90. The molecule has 120 valence electrons. The monoisotopic (exact) mass is 304 g/mol. The Morgan fingerprint density at radius 1 is 1.36 bits per heavy atom. The molecule has 2 heterocycles. The number of carbonyl (C=O) groups excluding carboxylic acids is 1. The molecule has 1 spiro atoms. The van der Waals surface area contributed by atoms with Gasteiger partial charge in [0, 0.05) is 24.0 Å². The maximum absolute atomic E-state index is 12.0. The Kier molecular flexibility index (Phi) is 3.70. The minimum atomic E-state index is 0.0342. The van der Waals surface area contributed by atoms with E-state index >= 15 is 0 Å². The highest BCUT2D eigenvalue weighted by atomic mass is 16.5. The number of hydrogen-bond donors (Lipinski definition) is 2. The molecule has 5 nitrogen and oxygen atoms in total. The molecule has 0 bridgehead atoms. The fourth-order valence-electron chi connectivity index (χ4n) is 4.87. The molecule has 1 saturated heterocycles. The van der Waals surface area contributed by atoms with Gasteiger partial charge in [0.25, 0.3) is 0 Å². The molecular formula is C17H24N2O3. The van der Waals surface area contributed by atoms with Gasteiger partial charge in [0.05, 0.1) is 25.5 Å². The molecule has 2 aliphatic carbocycles. The topological polar surface area (TPSA) is 63.5 Å². The van der Waals surface area contributed by atoms with Gasteiger partial charge in [-0.1, -0.05) is 12.8 Å². The third-order valence-corrected chi connectivity index (χ3v) is 5.81. The third kappa shape index (κ3) is 2.27. The van der Waals surface area contributed by atoms with Crippen molar-refractivity contribution in [1.82, 2.24) is 10.6 Å². The highest BCUT2D eigenvalue weighted by molar-refractivity contribution is 5.78. The molecule has 3 fully saturated rings. The number of amides is 1. The van der Waals surface area contributed by atoms with Crippen LogP contribution in [-0.4, -0.2) is 31.2 Å². The predicted octanol–water partition coefficient (Wildman–Crippen LogP) is 1.83. The Morgan fingerprint density at radius 3 is 3.00 bits per heavy atom. The van der Waals surface area contributed by atoms with Crippen LogP contribution >= 0.6 is 0 Å². The number of ether oxygens (including phenoxy) is 1. The zero-order valence-electron chi connectivity index (χ0n) is 12.8. The van der Waals surface area contributed by atoms with Crippen molar-refractivity contribution in [1.29, 1.82) is 0 Å². The lowest BCUT2D eigenvalue weighted by Crippen LogP contribution is -2.68. The van der Waals surface area contributed by atoms with Crippen molar-refractivity contribution in [2.45, 2.75) is 50.8 Å². The van der Waals surface area contributed by atoms with Gasteiger partial charge in [-0.15, -0.1) is 0 Å². The number of furan rings is 1. The molecule has 1 aromatic rings. The summed E-state index contributed by atoms with van der Waals surface area (Å²) in [5.41, 5.74) is 0.308. The first-order valence-corrected chi connectivity index (χ1v) is 8.44. The fourth-order valence-corrected chi connectivity index (χ4v) is 4.87. The molecule has 22 heavy (non-hydrogen) atoms. The molecule has 2 N–H and O–H groups in total. The highest BCUT2D eigenvalue weighted by Gasteiger charge is 2.64. The second kappa shape index (κ2) is 5.70. The van der Waals surface area contributed by atoms with E-state index in [1.807, 2.05) is 12.1 Å². The van der Waals surface area contributed by atoms with Gasteiger partial charge < -0.3 is 19.8 Å². The maximum atomic E-state index is 12.0. The van der Waals surface area contributed by atoms with Crippen LogP contribution in [0.3, 0.4) is 0 Å². The van der Waals surface area contributed by atoms with Gasteiger partial charge in [-0.3, -0.25) is 4.79 Å². The van der Waals surface area contributed by atoms with Crippen LogP contribution in [0.2, 0.25) is 0 Å². The molecular weight excluding hydrogens is 280 g/mol. The number of hydrogen-bond acceptors (Lipinski definition) is 4. The second-order valence-corrected chi connectivity index (χ2v) is 6.90. The zero-order chi connectivity index (χ0) is 15.0. The quantitative estimate of drug-likeness (QED) is 0.871. The average molecular weight is 304 g/mol. The third-order valence-electron chi connectivity index (χ3n) is 5.81. The van der Waals surface area contributed by atoms with Gasteiger partial charge in [0.1, 0.15) is 5.76 Å². The molecule has 3 atom stereocenters. The Morgan fingerprint density at radius 2 is 2.23 bits per heavy atom. The van der Waals surface area contributed by atoms with Gasteiger partial charge in [-0.05, 0) is 31.4 Å². The first-order valence-electron chi connectivity index (χ1n) is 8.44. The normalized spacial score (nSPS) is 31.9. The van der Waals surface area contributed by atoms with Crippen molar-refractivity contribution in [2.24, 2.45) is 11.3 Å². The molecule has 3 aliphatic rings. The SMILES string of the molecule is O=C(CNC1C2CCOC2C12CCCC2)NCc1ccco1. The van der Waals surface area contributed by atoms with Crippen LogP contribution in [0.15, 0.2) is 22.8 Å². The maximum Gasteiger partial charge on any atom is 0.234 e. The van der Waals surface area contributed by atoms with Gasteiger partial charge >= 0.3 is 0 Å². The van der Waals surface area contributed by atoms with E-state index in [2.05, 4.69) is 10.6 Å². The average Bonchev–Trinajstić information content (AvgIpc) is 3.25. The Balaban J connectivity index is 1.30. The standard InChI is InChI=1S/C17H24N2O3/c20-14(18-10-12-4-3-8-21-12)11-19-15-13-5-9-22-16(13)17(15)6-1-2-7-17/h3-4,8,13,15-16,19H,1-2,5-7,9-11H2,(H,18,20). The van der Waals surface area contributed by atoms with Crippen LogP contribution in [0.25, 0.3) is 0 Å². The van der Waals surface area contributed by atoms with Crippen LogP contribution in [0.4, 0.5) is 0 Å². The summed E-state index contributed by atoms with van der Waals surface area (Å²) in [7, 11) is 0. The summed E-state index contributed by atoms with van der Waals surface area (Å²) in [6, 6.07) is 4.16. The zero-order valence-corrected chi connectivity index (χ0v) is 12.8. The molecule has 3 unspecified atom stereocenters. The van der Waals surface area contributed by atoms with E-state index in [-0.39, 0.29) is 5.91 Å². The number of rotatable bonds is 5. The summed E-state index contributed by atoms with van der Waals surface area (Å²) in [4.78, 5) is 12.0. The Bertz CT molecular complexity index is 522. The minimum Gasteiger partial charge on any atom is -0.467 e. The van der Waals surface area contributed by atoms with E-state index in [1.54, 1.807) is 6.26 Å². The van der Waals surface area contributed by atoms with Crippen LogP contribution < -0.4 is 10.6 Å². The van der Waals surface area contributed by atoms with E-state index in [0.717, 1.165) is 18.8 Å². The summed E-state index contributed by atoms with van der Waals surface area (Å²) < 4.78 is 11.2. The van der Waals surface area contributed by atoms with Gasteiger partial charge in [-0.25, -0.2) is 0 Å². The van der Waals surface area contributed by atoms with E-state index in [0.29, 0.717) is 36.6 Å². The van der Waals surface area contributed by atoms with Gasteiger partial charge in [-0.2, -0.15) is 0 Å². The van der Waals surface area contributed by atoms with Crippen LogP contribution in [0.1, 0.15) is 37.9 Å².